The minimum absolute atomic E-state index is 0.123. The summed E-state index contributed by atoms with van der Waals surface area (Å²) in [6, 6.07) is 3.46. The van der Waals surface area contributed by atoms with Crippen LogP contribution in [0.5, 0.6) is 0 Å². The van der Waals surface area contributed by atoms with E-state index in [-0.39, 0.29) is 17.8 Å². The molecule has 2 heterocycles. The molecular weight excluding hydrogens is 293 g/mol. The number of aliphatic hydroxyl groups excluding tert-OH is 1. The van der Waals surface area contributed by atoms with Gasteiger partial charge >= 0.3 is 0 Å². The van der Waals surface area contributed by atoms with Crippen LogP contribution in [0.1, 0.15) is 17.5 Å². The van der Waals surface area contributed by atoms with Gasteiger partial charge in [-0.3, -0.25) is 4.90 Å². The summed E-state index contributed by atoms with van der Waals surface area (Å²) in [7, 11) is 0. The highest BCUT2D eigenvalue weighted by Crippen LogP contribution is 2.41. The molecular formula is C16H21ClFNO2. The average molecular weight is 314 g/mol. The smallest absolute Gasteiger partial charge is 0.132 e. The predicted octanol–water partition coefficient (Wildman–Crippen LogP) is 2.62. The summed E-state index contributed by atoms with van der Waals surface area (Å²) in [5.41, 5.74) is 0.987. The van der Waals surface area contributed by atoms with Crippen LogP contribution in [-0.4, -0.2) is 42.9 Å². The molecule has 116 valence electrons. The molecule has 3 nitrogen and oxygen atoms in total. The maximum atomic E-state index is 14.3. The molecule has 2 fully saturated rings. The summed E-state index contributed by atoms with van der Waals surface area (Å²) in [6.45, 7) is 5.31. The minimum atomic E-state index is -0.216. The fourth-order valence-corrected chi connectivity index (χ4v) is 3.84. The van der Waals surface area contributed by atoms with Crippen molar-refractivity contribution in [2.75, 3.05) is 32.9 Å². The summed E-state index contributed by atoms with van der Waals surface area (Å²) in [4.78, 5) is 2.19. The Kier molecular flexibility index (Phi) is 4.23. The lowest BCUT2D eigenvalue weighted by Gasteiger charge is -2.36. The number of aryl methyl sites for hydroxylation is 1. The second kappa shape index (κ2) is 5.84. The molecule has 1 aromatic rings. The van der Waals surface area contributed by atoms with Gasteiger partial charge in [-0.1, -0.05) is 17.7 Å². The van der Waals surface area contributed by atoms with E-state index >= 15 is 0 Å². The van der Waals surface area contributed by atoms with Crippen LogP contribution in [-0.2, 0) is 11.3 Å². The summed E-state index contributed by atoms with van der Waals surface area (Å²) in [6.07, 6.45) is 0.959. The zero-order valence-corrected chi connectivity index (χ0v) is 13.0. The number of halogens is 2. The second-order valence-electron chi connectivity index (χ2n) is 6.39. The monoisotopic (exact) mass is 313 g/mol. The zero-order valence-electron chi connectivity index (χ0n) is 12.2. The van der Waals surface area contributed by atoms with Crippen LogP contribution in [0.3, 0.4) is 0 Å². The fraction of sp³-hybridized carbons (Fsp3) is 0.625. The van der Waals surface area contributed by atoms with E-state index in [0.29, 0.717) is 35.2 Å². The van der Waals surface area contributed by atoms with E-state index in [1.807, 2.05) is 0 Å². The van der Waals surface area contributed by atoms with Crippen LogP contribution >= 0.6 is 11.6 Å². The van der Waals surface area contributed by atoms with Gasteiger partial charge in [-0.25, -0.2) is 4.39 Å². The Balaban J connectivity index is 1.80. The SMILES string of the molecule is Cc1ccc(Cl)c(CN2C[C@@H]3CCOC[C@]3(CO)C2)c1F. The van der Waals surface area contributed by atoms with Crippen molar-refractivity contribution in [1.82, 2.24) is 4.90 Å². The Labute approximate surface area is 129 Å². The van der Waals surface area contributed by atoms with Crippen molar-refractivity contribution >= 4 is 11.6 Å². The van der Waals surface area contributed by atoms with Crippen LogP contribution in [0.4, 0.5) is 4.39 Å². The summed E-state index contributed by atoms with van der Waals surface area (Å²) >= 11 is 6.16. The highest BCUT2D eigenvalue weighted by molar-refractivity contribution is 6.31. The molecule has 0 unspecified atom stereocenters. The van der Waals surface area contributed by atoms with Crippen molar-refractivity contribution in [2.45, 2.75) is 19.9 Å². The molecule has 21 heavy (non-hydrogen) atoms. The van der Waals surface area contributed by atoms with Crippen LogP contribution < -0.4 is 0 Å². The Morgan fingerprint density at radius 1 is 1.52 bits per heavy atom. The Morgan fingerprint density at radius 2 is 2.33 bits per heavy atom. The highest BCUT2D eigenvalue weighted by Gasteiger charge is 2.48. The quantitative estimate of drug-likeness (QED) is 0.931. The van der Waals surface area contributed by atoms with Crippen molar-refractivity contribution in [2.24, 2.45) is 11.3 Å². The van der Waals surface area contributed by atoms with Gasteiger partial charge in [-0.05, 0) is 30.9 Å². The van der Waals surface area contributed by atoms with Gasteiger partial charge in [0.05, 0.1) is 13.2 Å². The maximum Gasteiger partial charge on any atom is 0.132 e. The van der Waals surface area contributed by atoms with Gasteiger partial charge < -0.3 is 9.84 Å². The first kappa shape index (κ1) is 15.2. The lowest BCUT2D eigenvalue weighted by Crippen LogP contribution is -2.42. The first-order valence-electron chi connectivity index (χ1n) is 7.40. The summed E-state index contributed by atoms with van der Waals surface area (Å²) in [5, 5.41) is 10.3. The van der Waals surface area contributed by atoms with Crippen molar-refractivity contribution in [3.63, 3.8) is 0 Å². The Morgan fingerprint density at radius 3 is 3.05 bits per heavy atom. The van der Waals surface area contributed by atoms with Crippen molar-refractivity contribution in [1.29, 1.82) is 0 Å². The molecule has 1 aromatic carbocycles. The van der Waals surface area contributed by atoms with Crippen molar-refractivity contribution in [3.8, 4) is 0 Å². The van der Waals surface area contributed by atoms with Crippen LogP contribution in [0.15, 0.2) is 12.1 Å². The number of rotatable bonds is 3. The second-order valence-corrected chi connectivity index (χ2v) is 6.79. The maximum absolute atomic E-state index is 14.3. The lowest BCUT2D eigenvalue weighted by molar-refractivity contribution is -0.0561. The van der Waals surface area contributed by atoms with Gasteiger partial charge in [0.15, 0.2) is 0 Å². The van der Waals surface area contributed by atoms with Crippen LogP contribution in [0.25, 0.3) is 0 Å². The number of ether oxygens (including phenoxy) is 1. The third kappa shape index (κ3) is 2.70. The number of nitrogens with zero attached hydrogens (tertiary/aromatic N) is 1. The first-order valence-corrected chi connectivity index (χ1v) is 7.78. The Bertz CT molecular complexity index is 539. The minimum Gasteiger partial charge on any atom is -0.396 e. The number of hydrogen-bond donors (Lipinski definition) is 1. The molecule has 0 aliphatic carbocycles. The summed E-state index contributed by atoms with van der Waals surface area (Å²) in [5.74, 6) is 0.203. The number of aliphatic hydroxyl groups is 1. The van der Waals surface area contributed by atoms with Gasteiger partial charge in [-0.2, -0.15) is 0 Å². The standard InChI is InChI=1S/C16H21ClFNO2/c1-11-2-3-14(17)13(15(11)18)7-19-6-12-4-5-21-10-16(12,8-19)9-20/h2-3,12,20H,4-10H2,1H3/t12-,16+/m0/s1. The van der Waals surface area contributed by atoms with Gasteiger partial charge in [0.1, 0.15) is 5.82 Å². The van der Waals surface area contributed by atoms with Gasteiger partial charge in [-0.15, -0.1) is 0 Å². The van der Waals surface area contributed by atoms with Crippen molar-refractivity contribution < 1.29 is 14.2 Å². The fourth-order valence-electron chi connectivity index (χ4n) is 3.63. The number of benzene rings is 1. The molecule has 0 amide bonds. The van der Waals surface area contributed by atoms with E-state index in [1.165, 1.54) is 0 Å². The normalized spacial score (nSPS) is 29.6. The number of likely N-dealkylation sites (tertiary alicyclic amines) is 1. The molecule has 0 saturated carbocycles. The largest absolute Gasteiger partial charge is 0.396 e. The highest BCUT2D eigenvalue weighted by atomic mass is 35.5. The van der Waals surface area contributed by atoms with Gasteiger partial charge in [0.2, 0.25) is 0 Å². The molecule has 1 N–H and O–H groups in total. The molecule has 5 heteroatoms. The topological polar surface area (TPSA) is 32.7 Å². The van der Waals surface area contributed by atoms with Gasteiger partial charge in [0.25, 0.3) is 0 Å². The predicted molar refractivity (Wildman–Crippen MR) is 79.9 cm³/mol. The van der Waals surface area contributed by atoms with E-state index in [4.69, 9.17) is 16.3 Å². The first-order chi connectivity index (χ1) is 10.1. The molecule has 3 rings (SSSR count). The third-order valence-electron chi connectivity index (χ3n) is 4.96. The average Bonchev–Trinajstić information content (AvgIpc) is 2.86. The van der Waals surface area contributed by atoms with E-state index in [2.05, 4.69) is 4.90 Å². The molecule has 2 saturated heterocycles. The van der Waals surface area contributed by atoms with Crippen molar-refractivity contribution in [3.05, 3.63) is 34.1 Å². The molecule has 2 aliphatic rings. The van der Waals surface area contributed by atoms with E-state index < -0.39 is 0 Å². The van der Waals surface area contributed by atoms with Crippen LogP contribution in [0, 0.1) is 24.1 Å². The molecule has 0 bridgehead atoms. The van der Waals surface area contributed by atoms with E-state index in [0.717, 1.165) is 26.1 Å². The Hall–Kier alpha value is -0.680. The van der Waals surface area contributed by atoms with Crippen LogP contribution in [0.2, 0.25) is 5.02 Å². The third-order valence-corrected chi connectivity index (χ3v) is 5.31. The number of hydrogen-bond acceptors (Lipinski definition) is 3. The zero-order chi connectivity index (χ0) is 15.0. The lowest BCUT2D eigenvalue weighted by atomic mass is 9.76. The molecule has 0 aromatic heterocycles. The van der Waals surface area contributed by atoms with E-state index in [1.54, 1.807) is 19.1 Å². The van der Waals surface area contributed by atoms with E-state index in [9.17, 15) is 9.50 Å². The number of fused-ring (bicyclic) bond motifs is 1. The molecule has 2 atom stereocenters. The molecule has 0 radical (unpaired) electrons. The summed E-state index contributed by atoms with van der Waals surface area (Å²) < 4.78 is 19.8. The molecule has 2 aliphatic heterocycles. The molecule has 0 spiro atoms. The van der Waals surface area contributed by atoms with Gasteiger partial charge in [0, 0.05) is 42.2 Å².